The summed E-state index contributed by atoms with van der Waals surface area (Å²) in [5, 5.41) is 0.651. The molecule has 33 heavy (non-hydrogen) atoms. The largest absolute Gasteiger partial charge is 0.496 e. The Hall–Kier alpha value is -3.38. The molecule has 0 aliphatic carbocycles. The van der Waals surface area contributed by atoms with Crippen LogP contribution in [0.1, 0.15) is 15.9 Å². The van der Waals surface area contributed by atoms with Crippen LogP contribution in [0.2, 0.25) is 5.02 Å². The van der Waals surface area contributed by atoms with Crippen LogP contribution in [0.5, 0.6) is 17.2 Å². The van der Waals surface area contributed by atoms with Gasteiger partial charge in [0.25, 0.3) is 5.91 Å². The van der Waals surface area contributed by atoms with Crippen LogP contribution in [0.4, 0.5) is 5.69 Å². The number of benzene rings is 3. The molecule has 1 aliphatic heterocycles. The van der Waals surface area contributed by atoms with E-state index in [-0.39, 0.29) is 12.5 Å². The average molecular weight is 467 g/mol. The van der Waals surface area contributed by atoms with Gasteiger partial charge in [0.2, 0.25) is 0 Å². The van der Waals surface area contributed by atoms with Gasteiger partial charge in [0.05, 0.1) is 19.9 Å². The fourth-order valence-corrected chi connectivity index (χ4v) is 4.07. The Bertz CT molecular complexity index is 1100. The number of carbonyl (C=O) groups excluding carboxylic acids is 1. The molecule has 1 saturated heterocycles. The number of hydrogen-bond donors (Lipinski definition) is 0. The molecule has 0 radical (unpaired) electrons. The third-order valence-corrected chi connectivity index (χ3v) is 5.98. The molecule has 6 nitrogen and oxygen atoms in total. The minimum absolute atomic E-state index is 0.00470. The number of hydrogen-bond acceptors (Lipinski definition) is 5. The fourth-order valence-electron chi connectivity index (χ4n) is 3.94. The number of nitrogens with zero attached hydrogens (tertiary/aromatic N) is 2. The lowest BCUT2D eigenvalue weighted by Gasteiger charge is -2.36. The van der Waals surface area contributed by atoms with Gasteiger partial charge in [0.15, 0.2) is 0 Å². The van der Waals surface area contributed by atoms with Crippen molar-refractivity contribution >= 4 is 23.2 Å². The molecule has 0 spiro atoms. The summed E-state index contributed by atoms with van der Waals surface area (Å²) < 4.78 is 16.8. The van der Waals surface area contributed by atoms with E-state index < -0.39 is 0 Å². The summed E-state index contributed by atoms with van der Waals surface area (Å²) in [6.45, 7) is 3.05. The number of ether oxygens (including phenoxy) is 3. The van der Waals surface area contributed by atoms with E-state index in [1.165, 1.54) is 0 Å². The summed E-state index contributed by atoms with van der Waals surface area (Å²) in [7, 11) is 3.29. The zero-order valence-electron chi connectivity index (χ0n) is 18.8. The molecule has 7 heteroatoms. The van der Waals surface area contributed by atoms with Gasteiger partial charge >= 0.3 is 0 Å². The first-order chi connectivity index (χ1) is 16.1. The summed E-state index contributed by atoms with van der Waals surface area (Å²) in [6.07, 6.45) is 0. The average Bonchev–Trinajstić information content (AvgIpc) is 2.88. The van der Waals surface area contributed by atoms with Crippen molar-refractivity contribution in [2.75, 3.05) is 45.3 Å². The lowest BCUT2D eigenvalue weighted by atomic mass is 10.1. The van der Waals surface area contributed by atoms with Crippen molar-refractivity contribution in [2.45, 2.75) is 6.61 Å². The number of amides is 1. The fraction of sp³-hybridized carbons (Fsp3) is 0.269. The molecule has 0 saturated carbocycles. The van der Waals surface area contributed by atoms with E-state index in [1.807, 2.05) is 53.4 Å². The second kappa shape index (κ2) is 10.5. The minimum Gasteiger partial charge on any atom is -0.496 e. The van der Waals surface area contributed by atoms with Gasteiger partial charge in [-0.15, -0.1) is 0 Å². The van der Waals surface area contributed by atoms with Gasteiger partial charge in [-0.1, -0.05) is 23.7 Å². The van der Waals surface area contributed by atoms with Crippen molar-refractivity contribution in [2.24, 2.45) is 0 Å². The Morgan fingerprint density at radius 1 is 0.879 bits per heavy atom. The van der Waals surface area contributed by atoms with Gasteiger partial charge in [-0.3, -0.25) is 4.79 Å². The van der Waals surface area contributed by atoms with Gasteiger partial charge < -0.3 is 24.0 Å². The SMILES string of the molecule is COc1ccc(C(=O)N2CCN(c3ccccc3OC)CC2)cc1COc1ccc(Cl)cc1. The highest BCUT2D eigenvalue weighted by Crippen LogP contribution is 2.29. The zero-order valence-corrected chi connectivity index (χ0v) is 19.5. The van der Waals surface area contributed by atoms with Gasteiger partial charge in [-0.2, -0.15) is 0 Å². The third-order valence-electron chi connectivity index (χ3n) is 5.73. The first-order valence-corrected chi connectivity index (χ1v) is 11.2. The molecule has 172 valence electrons. The second-order valence-corrected chi connectivity index (χ2v) is 8.16. The summed E-state index contributed by atoms with van der Waals surface area (Å²) in [5.74, 6) is 2.23. The van der Waals surface area contributed by atoms with Crippen LogP contribution in [-0.4, -0.2) is 51.2 Å². The Labute approximate surface area is 199 Å². The molecule has 4 rings (SSSR count). The molecule has 0 N–H and O–H groups in total. The number of anilines is 1. The zero-order chi connectivity index (χ0) is 23.2. The highest BCUT2D eigenvalue weighted by atomic mass is 35.5. The standard InChI is InChI=1S/C26H27ClN2O4/c1-31-24-12-7-19(17-20(24)18-33-22-10-8-21(27)9-11-22)26(30)29-15-13-28(14-16-29)23-5-3-4-6-25(23)32-2/h3-12,17H,13-16,18H2,1-2H3. The van der Waals surface area contributed by atoms with Crippen molar-refractivity contribution in [1.82, 2.24) is 4.90 Å². The van der Waals surface area contributed by atoms with E-state index in [0.29, 0.717) is 35.2 Å². The molecule has 1 fully saturated rings. The highest BCUT2D eigenvalue weighted by molar-refractivity contribution is 6.30. The lowest BCUT2D eigenvalue weighted by Crippen LogP contribution is -2.48. The smallest absolute Gasteiger partial charge is 0.253 e. The Morgan fingerprint density at radius 2 is 1.58 bits per heavy atom. The minimum atomic E-state index is 0.00470. The van der Waals surface area contributed by atoms with Gasteiger partial charge in [-0.05, 0) is 54.6 Å². The Kier molecular flexibility index (Phi) is 7.25. The van der Waals surface area contributed by atoms with Crippen LogP contribution in [0.25, 0.3) is 0 Å². The Morgan fingerprint density at radius 3 is 2.27 bits per heavy atom. The molecule has 1 amide bonds. The normalized spacial score (nSPS) is 13.5. The summed E-state index contributed by atoms with van der Waals surface area (Å²) >= 11 is 5.94. The summed E-state index contributed by atoms with van der Waals surface area (Å²) in [6, 6.07) is 20.6. The van der Waals surface area contributed by atoms with E-state index in [9.17, 15) is 4.79 Å². The second-order valence-electron chi connectivity index (χ2n) is 7.72. The first-order valence-electron chi connectivity index (χ1n) is 10.8. The molecular weight excluding hydrogens is 440 g/mol. The maximum absolute atomic E-state index is 13.2. The first kappa shape index (κ1) is 22.8. The summed E-state index contributed by atoms with van der Waals surface area (Å²) in [4.78, 5) is 17.4. The van der Waals surface area contributed by atoms with Crippen LogP contribution >= 0.6 is 11.6 Å². The summed E-state index contributed by atoms with van der Waals surface area (Å²) in [5.41, 5.74) is 2.49. The number of rotatable bonds is 7. The molecular formula is C26H27ClN2O4. The lowest BCUT2D eigenvalue weighted by molar-refractivity contribution is 0.0746. The number of piperazine rings is 1. The maximum Gasteiger partial charge on any atom is 0.253 e. The van der Waals surface area contributed by atoms with E-state index in [1.54, 1.807) is 32.4 Å². The maximum atomic E-state index is 13.2. The van der Waals surface area contributed by atoms with Crippen LogP contribution < -0.4 is 19.1 Å². The quantitative estimate of drug-likeness (QED) is 0.495. The molecule has 0 bridgehead atoms. The van der Waals surface area contributed by atoms with Crippen molar-refractivity contribution in [3.63, 3.8) is 0 Å². The number of para-hydroxylation sites is 2. The van der Waals surface area contributed by atoms with Crippen molar-refractivity contribution in [3.05, 3.63) is 82.9 Å². The third kappa shape index (κ3) is 5.34. The van der Waals surface area contributed by atoms with Crippen LogP contribution in [0.3, 0.4) is 0 Å². The van der Waals surface area contributed by atoms with E-state index in [4.69, 9.17) is 25.8 Å². The Balaban J connectivity index is 1.42. The molecule has 3 aromatic rings. The molecule has 0 unspecified atom stereocenters. The van der Waals surface area contributed by atoms with Crippen molar-refractivity contribution in [3.8, 4) is 17.2 Å². The van der Waals surface area contributed by atoms with Crippen LogP contribution in [0, 0.1) is 0 Å². The van der Waals surface area contributed by atoms with Crippen LogP contribution in [-0.2, 0) is 6.61 Å². The predicted molar refractivity (Wildman–Crippen MR) is 130 cm³/mol. The highest BCUT2D eigenvalue weighted by Gasteiger charge is 2.24. The van der Waals surface area contributed by atoms with Gasteiger partial charge in [0.1, 0.15) is 23.9 Å². The monoisotopic (exact) mass is 466 g/mol. The van der Waals surface area contributed by atoms with Gasteiger partial charge in [0, 0.05) is 42.3 Å². The number of methoxy groups -OCH3 is 2. The topological polar surface area (TPSA) is 51.2 Å². The van der Waals surface area contributed by atoms with Crippen molar-refractivity contribution < 1.29 is 19.0 Å². The molecule has 0 atom stereocenters. The van der Waals surface area contributed by atoms with E-state index >= 15 is 0 Å². The van der Waals surface area contributed by atoms with Crippen LogP contribution in [0.15, 0.2) is 66.7 Å². The molecule has 1 heterocycles. The van der Waals surface area contributed by atoms with Gasteiger partial charge in [-0.25, -0.2) is 0 Å². The molecule has 1 aliphatic rings. The molecule has 3 aromatic carbocycles. The predicted octanol–water partition coefficient (Wildman–Crippen LogP) is 4.90. The van der Waals surface area contributed by atoms with E-state index in [0.717, 1.165) is 30.1 Å². The number of carbonyl (C=O) groups is 1. The van der Waals surface area contributed by atoms with E-state index in [2.05, 4.69) is 4.90 Å². The number of halogens is 1. The van der Waals surface area contributed by atoms with Crippen molar-refractivity contribution in [1.29, 1.82) is 0 Å². The molecule has 0 aromatic heterocycles.